The second-order valence-corrected chi connectivity index (χ2v) is 11.4. The van der Waals surface area contributed by atoms with Crippen LogP contribution in [0.5, 0.6) is 5.88 Å². The highest BCUT2D eigenvalue weighted by Crippen LogP contribution is 2.47. The Kier molecular flexibility index (Phi) is 5.05. The maximum Gasteiger partial charge on any atom is 0.331 e. The van der Waals surface area contributed by atoms with Crippen molar-refractivity contribution in [3.63, 3.8) is 0 Å². The molecule has 5 rings (SSSR count). The van der Waals surface area contributed by atoms with Crippen molar-refractivity contribution < 1.29 is 19.2 Å². The van der Waals surface area contributed by atoms with Gasteiger partial charge in [-0.25, -0.2) is 0 Å². The van der Waals surface area contributed by atoms with E-state index in [9.17, 15) is 9.90 Å². The van der Waals surface area contributed by atoms with E-state index in [2.05, 4.69) is 46.9 Å². The van der Waals surface area contributed by atoms with Crippen LogP contribution in [0.4, 0.5) is 5.69 Å². The third kappa shape index (κ3) is 3.79. The summed E-state index contributed by atoms with van der Waals surface area (Å²) in [7, 11) is 0. The van der Waals surface area contributed by atoms with Crippen LogP contribution >= 0.6 is 15.9 Å². The number of nitrogens with zero attached hydrogens (tertiary/aromatic N) is 3. The van der Waals surface area contributed by atoms with Gasteiger partial charge < -0.3 is 14.4 Å². The molecule has 3 atom stereocenters. The Morgan fingerprint density at radius 3 is 2.88 bits per heavy atom. The van der Waals surface area contributed by atoms with Crippen LogP contribution in [0.25, 0.3) is 10.9 Å². The van der Waals surface area contributed by atoms with Gasteiger partial charge in [0.1, 0.15) is 0 Å². The molecule has 32 heavy (non-hydrogen) atoms. The topological polar surface area (TPSA) is 84.5 Å². The van der Waals surface area contributed by atoms with E-state index < -0.39 is 5.91 Å². The number of likely N-dealkylation sites (tertiary alicyclic amines) is 1. The van der Waals surface area contributed by atoms with Crippen molar-refractivity contribution in [2.24, 2.45) is 21.1 Å². The molecule has 0 spiro atoms. The van der Waals surface area contributed by atoms with E-state index in [0.717, 1.165) is 21.9 Å². The largest absolute Gasteiger partial charge is 0.493 e. The molecule has 168 valence electrons. The number of azo groups is 1. The summed E-state index contributed by atoms with van der Waals surface area (Å²) in [5, 5.41) is 19.9. The van der Waals surface area contributed by atoms with E-state index in [1.807, 2.05) is 22.8 Å². The molecule has 3 heterocycles. The van der Waals surface area contributed by atoms with E-state index in [1.54, 1.807) is 6.07 Å². The zero-order chi connectivity index (χ0) is 22.7. The van der Waals surface area contributed by atoms with Crippen LogP contribution in [0.1, 0.15) is 50.6 Å². The van der Waals surface area contributed by atoms with Crippen molar-refractivity contribution in [2.45, 2.75) is 52.7 Å². The molecule has 2 aromatic heterocycles. The number of carbonyl (C=O) groups is 1. The number of fused-ring (bicyclic) bond motifs is 3. The number of carbonyl (C=O) groups excluding carboxylic acids is 1. The number of quaternary nitrogens is 1. The molecule has 1 unspecified atom stereocenters. The minimum Gasteiger partial charge on any atom is -0.493 e. The summed E-state index contributed by atoms with van der Waals surface area (Å²) in [4.78, 5) is 13.7. The third-order valence-electron chi connectivity index (χ3n) is 6.98. The van der Waals surface area contributed by atoms with Gasteiger partial charge in [-0.2, -0.15) is 0 Å². The molecular formula is C24H28BrN4O3+. The molecular weight excluding hydrogens is 472 g/mol. The fourth-order valence-electron chi connectivity index (χ4n) is 6.24. The average Bonchev–Trinajstić information content (AvgIpc) is 3.37. The van der Waals surface area contributed by atoms with E-state index in [-0.39, 0.29) is 11.6 Å². The number of hydrogen-bond donors (Lipinski definition) is 2. The van der Waals surface area contributed by atoms with Crippen LogP contribution < -0.4 is 4.90 Å². The smallest absolute Gasteiger partial charge is 0.331 e. The minimum atomic E-state index is -0.584. The van der Waals surface area contributed by atoms with Crippen molar-refractivity contribution >= 4 is 38.4 Å². The number of hydrogen-bond acceptors (Lipinski definition) is 4. The van der Waals surface area contributed by atoms with Crippen LogP contribution in [0.3, 0.4) is 0 Å². The monoisotopic (exact) mass is 499 g/mol. The Balaban J connectivity index is 1.50. The first-order valence-electron chi connectivity index (χ1n) is 11.0. The molecule has 1 aromatic carbocycles. The highest BCUT2D eigenvalue weighted by molar-refractivity contribution is 9.10. The van der Waals surface area contributed by atoms with E-state index in [4.69, 9.17) is 4.42 Å². The Bertz CT molecular complexity index is 1210. The van der Waals surface area contributed by atoms with Crippen molar-refractivity contribution in [1.82, 2.24) is 4.57 Å². The van der Waals surface area contributed by atoms with Gasteiger partial charge >= 0.3 is 5.91 Å². The zero-order valence-corrected chi connectivity index (χ0v) is 20.1. The summed E-state index contributed by atoms with van der Waals surface area (Å²) < 4.78 is 7.89. The van der Waals surface area contributed by atoms with Gasteiger partial charge in [0.2, 0.25) is 5.88 Å². The Morgan fingerprint density at radius 2 is 2.12 bits per heavy atom. The van der Waals surface area contributed by atoms with Crippen LogP contribution in [0.15, 0.2) is 55.7 Å². The molecule has 2 fully saturated rings. The first kappa shape index (κ1) is 21.4. The number of rotatable bonds is 4. The lowest BCUT2D eigenvalue weighted by Crippen LogP contribution is -3.13. The lowest BCUT2D eigenvalue weighted by atomic mass is 9.65. The average molecular weight is 500 g/mol. The number of halogens is 1. The second-order valence-electron chi connectivity index (χ2n) is 10.5. The normalized spacial score (nSPS) is 26.9. The highest BCUT2D eigenvalue weighted by atomic mass is 79.9. The standard InChI is InChI=1S/C24H27BrN4O3/c1-23(2)10-16-11-24(3,12-23)13-28(16)14-29-18-7-6-15(25)9-17(18)20(22(29)31)26-27-21(30)19-5-4-8-32-19/h4-9,16,31H,10-14H2,1-3H3/p+1/t16-,24-/m1/s1. The van der Waals surface area contributed by atoms with Crippen molar-refractivity contribution in [1.29, 1.82) is 0 Å². The first-order chi connectivity index (χ1) is 15.1. The molecule has 2 N–H and O–H groups in total. The number of furan rings is 1. The third-order valence-corrected chi connectivity index (χ3v) is 7.47. The molecule has 1 aliphatic carbocycles. The summed E-state index contributed by atoms with van der Waals surface area (Å²) >= 11 is 3.51. The van der Waals surface area contributed by atoms with Gasteiger partial charge in [-0.1, -0.05) is 36.7 Å². The van der Waals surface area contributed by atoms with Gasteiger partial charge in [0.15, 0.2) is 18.1 Å². The van der Waals surface area contributed by atoms with Crippen LogP contribution in [-0.4, -0.2) is 28.2 Å². The van der Waals surface area contributed by atoms with Gasteiger partial charge in [0.05, 0.1) is 24.4 Å². The quantitative estimate of drug-likeness (QED) is 0.491. The van der Waals surface area contributed by atoms with Gasteiger partial charge in [-0.15, -0.1) is 10.2 Å². The molecule has 1 saturated heterocycles. The summed E-state index contributed by atoms with van der Waals surface area (Å²) in [5.74, 6) is -0.435. The van der Waals surface area contributed by atoms with E-state index in [1.165, 1.54) is 36.5 Å². The second kappa shape index (κ2) is 7.56. The highest BCUT2D eigenvalue weighted by Gasteiger charge is 2.52. The number of aromatic hydroxyl groups is 1. The molecule has 8 heteroatoms. The van der Waals surface area contributed by atoms with Gasteiger partial charge in [0, 0.05) is 28.1 Å². The molecule has 0 radical (unpaired) electrons. The molecule has 2 bridgehead atoms. The molecule has 1 amide bonds. The predicted molar refractivity (Wildman–Crippen MR) is 124 cm³/mol. The van der Waals surface area contributed by atoms with Crippen molar-refractivity contribution in [3.05, 3.63) is 46.8 Å². The van der Waals surface area contributed by atoms with Gasteiger partial charge in [-0.3, -0.25) is 9.36 Å². The Hall–Kier alpha value is -2.45. The first-order valence-corrected chi connectivity index (χ1v) is 11.8. The lowest BCUT2D eigenvalue weighted by molar-refractivity contribution is -0.936. The van der Waals surface area contributed by atoms with Gasteiger partial charge in [0.25, 0.3) is 0 Å². The molecule has 2 aliphatic rings. The number of benzene rings is 1. The number of amides is 1. The SMILES string of the molecule is CC1(C)C[C@@H]2C[C@@](C)(C[NH+]2Cn2c(O)c(N=NC(=O)c3ccco3)c3cc(Br)ccc32)C1. The predicted octanol–water partition coefficient (Wildman–Crippen LogP) is 5.07. The van der Waals surface area contributed by atoms with E-state index in [0.29, 0.717) is 29.2 Å². The zero-order valence-electron chi connectivity index (χ0n) is 18.6. The summed E-state index contributed by atoms with van der Waals surface area (Å²) in [5.41, 5.74) is 1.86. The van der Waals surface area contributed by atoms with Crippen LogP contribution in [0, 0.1) is 10.8 Å². The van der Waals surface area contributed by atoms with Crippen molar-refractivity contribution in [3.8, 4) is 5.88 Å². The van der Waals surface area contributed by atoms with E-state index >= 15 is 0 Å². The molecule has 3 aromatic rings. The Morgan fingerprint density at radius 1 is 1.31 bits per heavy atom. The summed E-state index contributed by atoms with van der Waals surface area (Å²) in [6.07, 6.45) is 5.06. The summed E-state index contributed by atoms with van der Waals surface area (Å²) in [6, 6.07) is 9.56. The fraction of sp³-hybridized carbons (Fsp3) is 0.458. The molecule has 7 nitrogen and oxygen atoms in total. The maximum absolute atomic E-state index is 12.2. The summed E-state index contributed by atoms with van der Waals surface area (Å²) in [6.45, 7) is 8.88. The van der Waals surface area contributed by atoms with Crippen molar-refractivity contribution in [2.75, 3.05) is 6.54 Å². The maximum atomic E-state index is 12.2. The lowest BCUT2D eigenvalue weighted by Gasteiger charge is -2.37. The van der Waals surface area contributed by atoms with Crippen LogP contribution in [-0.2, 0) is 6.67 Å². The fourth-order valence-corrected chi connectivity index (χ4v) is 6.60. The minimum absolute atomic E-state index is 0.0347. The number of nitrogens with one attached hydrogen (secondary N) is 1. The molecule has 1 aliphatic heterocycles. The van der Waals surface area contributed by atoms with Gasteiger partial charge in [-0.05, 0) is 42.2 Å². The Labute approximate surface area is 195 Å². The molecule has 1 saturated carbocycles. The van der Waals surface area contributed by atoms with Crippen LogP contribution in [0.2, 0.25) is 0 Å². The number of aromatic nitrogens is 1.